The second-order valence-corrected chi connectivity index (χ2v) is 10.8. The highest BCUT2D eigenvalue weighted by Gasteiger charge is 2.34. The van der Waals surface area contributed by atoms with Gasteiger partial charge in [-0.2, -0.15) is 0 Å². The molecule has 8 nitrogen and oxygen atoms in total. The Kier molecular flexibility index (Phi) is 7.02. The minimum absolute atomic E-state index is 0.0102. The largest absolute Gasteiger partial charge is 0.377 e. The van der Waals surface area contributed by atoms with E-state index in [2.05, 4.69) is 69.9 Å². The molecule has 0 unspecified atom stereocenters. The second-order valence-electron chi connectivity index (χ2n) is 10.8. The summed E-state index contributed by atoms with van der Waals surface area (Å²) < 4.78 is 8.11. The third kappa shape index (κ3) is 5.05. The second kappa shape index (κ2) is 10.2. The van der Waals surface area contributed by atoms with Crippen LogP contribution < -0.4 is 5.56 Å². The van der Waals surface area contributed by atoms with Crippen LogP contribution in [-0.4, -0.2) is 49.3 Å². The molecule has 1 saturated heterocycles. The molecule has 1 aliphatic carbocycles. The standard InChI is InChI=1S/C27H38N6O2/c1-17(2)25(26-29-30-31-33(26)21-8-5-6-9-21)32(16-22-10-7-11-35-22)15-20-14-23-19(4)12-18(3)13-24(23)28-27(20)34/h12-14,17,21-22,25H,5-11,15-16H2,1-4H3,(H,28,34)/t22-,25-/m1/s1. The monoisotopic (exact) mass is 478 g/mol. The van der Waals surface area contributed by atoms with Crippen LogP contribution in [0.5, 0.6) is 0 Å². The minimum atomic E-state index is -0.0299. The van der Waals surface area contributed by atoms with Gasteiger partial charge in [-0.05, 0) is 79.1 Å². The number of ether oxygens (including phenoxy) is 1. The first-order chi connectivity index (χ1) is 16.9. The molecule has 1 saturated carbocycles. The first-order valence-electron chi connectivity index (χ1n) is 13.2. The molecule has 5 rings (SSSR count). The molecule has 188 valence electrons. The van der Waals surface area contributed by atoms with Crippen LogP contribution in [0.15, 0.2) is 23.0 Å². The number of nitrogens with one attached hydrogen (secondary N) is 1. The Morgan fingerprint density at radius 3 is 2.66 bits per heavy atom. The van der Waals surface area contributed by atoms with E-state index in [-0.39, 0.29) is 23.6 Å². The fourth-order valence-electron chi connectivity index (χ4n) is 6.07. The molecule has 1 aromatic carbocycles. The van der Waals surface area contributed by atoms with Gasteiger partial charge in [-0.15, -0.1) is 5.10 Å². The Labute approximate surface area is 207 Å². The third-order valence-corrected chi connectivity index (χ3v) is 7.70. The molecule has 0 amide bonds. The van der Waals surface area contributed by atoms with Crippen LogP contribution in [0.25, 0.3) is 10.9 Å². The fourth-order valence-corrected chi connectivity index (χ4v) is 6.07. The predicted octanol–water partition coefficient (Wildman–Crippen LogP) is 4.62. The minimum Gasteiger partial charge on any atom is -0.377 e. The Hall–Kier alpha value is -2.58. The number of aromatic nitrogens is 5. The zero-order valence-electron chi connectivity index (χ0n) is 21.5. The van der Waals surface area contributed by atoms with Crippen molar-refractivity contribution in [1.82, 2.24) is 30.1 Å². The van der Waals surface area contributed by atoms with Crippen molar-refractivity contribution in [2.75, 3.05) is 13.2 Å². The normalized spacial score (nSPS) is 20.0. The average Bonchev–Trinajstić information content (AvgIpc) is 3.57. The van der Waals surface area contributed by atoms with Crippen molar-refractivity contribution in [3.63, 3.8) is 0 Å². The summed E-state index contributed by atoms with van der Waals surface area (Å²) in [5, 5.41) is 14.2. The lowest BCUT2D eigenvalue weighted by atomic mass is 9.98. The summed E-state index contributed by atoms with van der Waals surface area (Å²) in [6.45, 7) is 10.7. The van der Waals surface area contributed by atoms with Gasteiger partial charge in [0.25, 0.3) is 5.56 Å². The Balaban J connectivity index is 1.54. The lowest BCUT2D eigenvalue weighted by Crippen LogP contribution is -2.40. The molecule has 2 fully saturated rings. The van der Waals surface area contributed by atoms with Gasteiger partial charge in [0, 0.05) is 36.2 Å². The Morgan fingerprint density at radius 2 is 1.94 bits per heavy atom. The van der Waals surface area contributed by atoms with Gasteiger partial charge >= 0.3 is 0 Å². The van der Waals surface area contributed by atoms with Crippen LogP contribution in [0, 0.1) is 19.8 Å². The maximum atomic E-state index is 13.2. The van der Waals surface area contributed by atoms with E-state index in [1.54, 1.807) is 0 Å². The summed E-state index contributed by atoms with van der Waals surface area (Å²) in [6.07, 6.45) is 6.98. The van der Waals surface area contributed by atoms with Gasteiger partial charge in [0.15, 0.2) is 5.82 Å². The van der Waals surface area contributed by atoms with Gasteiger partial charge in [0.05, 0.1) is 18.2 Å². The zero-order chi connectivity index (χ0) is 24.5. The van der Waals surface area contributed by atoms with Crippen LogP contribution in [0.1, 0.15) is 87.0 Å². The summed E-state index contributed by atoms with van der Waals surface area (Å²) in [5.41, 5.74) is 3.96. The van der Waals surface area contributed by atoms with Crippen molar-refractivity contribution in [3.8, 4) is 0 Å². The molecule has 2 aromatic heterocycles. The van der Waals surface area contributed by atoms with Crippen molar-refractivity contribution < 1.29 is 4.74 Å². The van der Waals surface area contributed by atoms with Gasteiger partial charge in [-0.3, -0.25) is 9.69 Å². The quantitative estimate of drug-likeness (QED) is 0.508. The average molecular weight is 479 g/mol. The number of aryl methyl sites for hydroxylation is 2. The van der Waals surface area contributed by atoms with Crippen LogP contribution >= 0.6 is 0 Å². The first kappa shape index (κ1) is 24.1. The molecule has 1 N–H and O–H groups in total. The van der Waals surface area contributed by atoms with Crippen molar-refractivity contribution in [2.45, 2.75) is 91.0 Å². The molecule has 35 heavy (non-hydrogen) atoms. The molecular formula is C27H38N6O2. The van der Waals surface area contributed by atoms with Crippen molar-refractivity contribution in [3.05, 3.63) is 51.1 Å². The van der Waals surface area contributed by atoms with Gasteiger partial charge in [0.1, 0.15) is 0 Å². The van der Waals surface area contributed by atoms with Crippen LogP contribution in [0.3, 0.4) is 0 Å². The van der Waals surface area contributed by atoms with Crippen molar-refractivity contribution >= 4 is 10.9 Å². The van der Waals surface area contributed by atoms with Gasteiger partial charge in [-0.1, -0.05) is 32.8 Å². The topological polar surface area (TPSA) is 88.9 Å². The highest BCUT2D eigenvalue weighted by atomic mass is 16.5. The molecule has 3 heterocycles. The maximum absolute atomic E-state index is 13.2. The molecule has 0 bridgehead atoms. The number of benzene rings is 1. The smallest absolute Gasteiger partial charge is 0.252 e. The number of fused-ring (bicyclic) bond motifs is 1. The van der Waals surface area contributed by atoms with Gasteiger partial charge in [0.2, 0.25) is 0 Å². The fraction of sp³-hybridized carbons (Fsp3) is 0.630. The summed E-state index contributed by atoms with van der Waals surface area (Å²) in [6, 6.07) is 6.64. The molecule has 2 aliphatic rings. The number of hydrogen-bond acceptors (Lipinski definition) is 6. The van der Waals surface area contributed by atoms with E-state index in [9.17, 15) is 4.79 Å². The van der Waals surface area contributed by atoms with E-state index < -0.39 is 0 Å². The lowest BCUT2D eigenvalue weighted by Gasteiger charge is -2.35. The number of nitrogens with zero attached hydrogens (tertiary/aromatic N) is 5. The SMILES string of the molecule is Cc1cc(C)c2cc(CN(C[C@H]3CCCO3)[C@@H](c3nnnn3C3CCCC3)C(C)C)c(=O)[nH]c2c1. The molecule has 1 aliphatic heterocycles. The maximum Gasteiger partial charge on any atom is 0.252 e. The number of aromatic amines is 1. The molecule has 3 aromatic rings. The summed E-state index contributed by atoms with van der Waals surface area (Å²) in [4.78, 5) is 18.8. The highest BCUT2D eigenvalue weighted by molar-refractivity contribution is 5.83. The van der Waals surface area contributed by atoms with E-state index >= 15 is 0 Å². The zero-order valence-corrected chi connectivity index (χ0v) is 21.5. The molecule has 2 atom stereocenters. The molecule has 0 radical (unpaired) electrons. The van der Waals surface area contributed by atoms with Crippen LogP contribution in [0.2, 0.25) is 0 Å². The van der Waals surface area contributed by atoms with E-state index in [1.807, 2.05) is 6.07 Å². The molecule has 0 spiro atoms. The summed E-state index contributed by atoms with van der Waals surface area (Å²) >= 11 is 0. The highest BCUT2D eigenvalue weighted by Crippen LogP contribution is 2.35. The van der Waals surface area contributed by atoms with E-state index in [4.69, 9.17) is 4.74 Å². The molecule has 8 heteroatoms. The molecular weight excluding hydrogens is 440 g/mol. The number of tetrazole rings is 1. The lowest BCUT2D eigenvalue weighted by molar-refractivity contribution is 0.0379. The Bertz CT molecular complexity index is 1220. The van der Waals surface area contributed by atoms with Gasteiger partial charge in [-0.25, -0.2) is 4.68 Å². The number of rotatable bonds is 8. The summed E-state index contributed by atoms with van der Waals surface area (Å²) in [5.74, 6) is 1.18. The Morgan fingerprint density at radius 1 is 1.14 bits per heavy atom. The van der Waals surface area contributed by atoms with Gasteiger partial charge < -0.3 is 9.72 Å². The van der Waals surface area contributed by atoms with Crippen LogP contribution in [0.4, 0.5) is 0 Å². The van der Waals surface area contributed by atoms with Crippen LogP contribution in [-0.2, 0) is 11.3 Å². The van der Waals surface area contributed by atoms with E-state index in [0.29, 0.717) is 12.6 Å². The van der Waals surface area contributed by atoms with E-state index in [0.717, 1.165) is 66.7 Å². The third-order valence-electron chi connectivity index (χ3n) is 7.70. The number of hydrogen-bond donors (Lipinski definition) is 1. The predicted molar refractivity (Wildman–Crippen MR) is 136 cm³/mol. The van der Waals surface area contributed by atoms with E-state index in [1.165, 1.54) is 18.4 Å². The summed E-state index contributed by atoms with van der Waals surface area (Å²) in [7, 11) is 0. The number of pyridine rings is 1. The number of H-pyrrole nitrogens is 1. The first-order valence-corrected chi connectivity index (χ1v) is 13.2. The van der Waals surface area contributed by atoms with Crippen molar-refractivity contribution in [1.29, 1.82) is 0 Å². The van der Waals surface area contributed by atoms with Crippen molar-refractivity contribution in [2.24, 2.45) is 5.92 Å².